The van der Waals surface area contributed by atoms with Crippen LogP contribution >= 0.6 is 22.9 Å². The van der Waals surface area contributed by atoms with E-state index in [2.05, 4.69) is 15.2 Å². The van der Waals surface area contributed by atoms with Crippen LogP contribution in [0.2, 0.25) is 5.02 Å². The molecule has 2 heterocycles. The topological polar surface area (TPSA) is 84.0 Å². The van der Waals surface area contributed by atoms with Crippen molar-refractivity contribution >= 4 is 43.8 Å². The summed E-state index contributed by atoms with van der Waals surface area (Å²) in [5, 5.41) is 5.30. The standard InChI is InChI=1S/C30H32ClFN4O4S2/c1-39-23-11-10-22(28(16-23)40-2)19-36(30-33-12-15-41-30)42(37,38)29-17-24(31)26(18-25(29)32)34-27(20-35-13-6-7-14-35)21-8-4-3-5-9-21/h3-5,8-12,15-18,27,34H,6-7,13-14,19-20H2,1-2H3/t27-/m0/s1. The van der Waals surface area contributed by atoms with Gasteiger partial charge in [-0.15, -0.1) is 11.3 Å². The van der Waals surface area contributed by atoms with Gasteiger partial charge >= 0.3 is 0 Å². The Morgan fingerprint density at radius 1 is 1.10 bits per heavy atom. The lowest BCUT2D eigenvalue weighted by molar-refractivity contribution is 0.323. The van der Waals surface area contributed by atoms with E-state index < -0.39 is 20.7 Å². The maximum Gasteiger partial charge on any atom is 0.269 e. The van der Waals surface area contributed by atoms with Crippen molar-refractivity contribution in [2.24, 2.45) is 0 Å². The van der Waals surface area contributed by atoms with Gasteiger partial charge in [0.05, 0.1) is 37.5 Å². The van der Waals surface area contributed by atoms with Crippen LogP contribution in [0, 0.1) is 5.82 Å². The Labute approximate surface area is 254 Å². The largest absolute Gasteiger partial charge is 0.497 e. The number of hydrogen-bond acceptors (Lipinski definition) is 8. The van der Waals surface area contributed by atoms with E-state index in [-0.39, 0.29) is 22.7 Å². The minimum Gasteiger partial charge on any atom is -0.497 e. The number of nitrogens with zero attached hydrogens (tertiary/aromatic N) is 3. The number of methoxy groups -OCH3 is 2. The Bertz CT molecular complexity index is 1600. The average molecular weight is 631 g/mol. The zero-order chi connectivity index (χ0) is 29.7. The highest BCUT2D eigenvalue weighted by Crippen LogP contribution is 2.36. The van der Waals surface area contributed by atoms with Crippen LogP contribution in [0.25, 0.3) is 0 Å². The normalized spacial score (nSPS) is 14.5. The van der Waals surface area contributed by atoms with Crippen molar-refractivity contribution < 1.29 is 22.3 Å². The molecule has 0 unspecified atom stereocenters. The number of nitrogens with one attached hydrogen (secondary N) is 1. The van der Waals surface area contributed by atoms with E-state index in [1.807, 2.05) is 30.3 Å². The second-order valence-corrected chi connectivity index (χ2v) is 13.0. The Hall–Kier alpha value is -3.38. The van der Waals surface area contributed by atoms with Crippen molar-refractivity contribution in [3.63, 3.8) is 0 Å². The zero-order valence-corrected chi connectivity index (χ0v) is 25.7. The first-order valence-electron chi connectivity index (χ1n) is 13.5. The summed E-state index contributed by atoms with van der Waals surface area (Å²) < 4.78 is 55.6. The minimum atomic E-state index is -4.43. The first-order chi connectivity index (χ1) is 20.3. The molecule has 1 aliphatic heterocycles. The van der Waals surface area contributed by atoms with Gasteiger partial charge in [0.25, 0.3) is 10.0 Å². The van der Waals surface area contributed by atoms with Gasteiger partial charge in [-0.05, 0) is 55.8 Å². The van der Waals surface area contributed by atoms with Gasteiger partial charge in [-0.1, -0.05) is 41.9 Å². The van der Waals surface area contributed by atoms with E-state index in [1.54, 1.807) is 23.6 Å². The van der Waals surface area contributed by atoms with Crippen LogP contribution in [-0.4, -0.2) is 52.2 Å². The van der Waals surface area contributed by atoms with E-state index in [4.69, 9.17) is 21.1 Å². The van der Waals surface area contributed by atoms with E-state index in [0.29, 0.717) is 29.3 Å². The summed E-state index contributed by atoms with van der Waals surface area (Å²) in [4.78, 5) is 6.02. The van der Waals surface area contributed by atoms with Crippen LogP contribution in [0.1, 0.15) is 30.0 Å². The highest BCUT2D eigenvalue weighted by Gasteiger charge is 2.32. The molecule has 5 rings (SSSR count). The molecule has 42 heavy (non-hydrogen) atoms. The number of rotatable bonds is 12. The fraction of sp³-hybridized carbons (Fsp3) is 0.300. The number of aromatic nitrogens is 1. The number of hydrogen-bond donors (Lipinski definition) is 1. The van der Waals surface area contributed by atoms with Crippen molar-refractivity contribution in [1.82, 2.24) is 9.88 Å². The summed E-state index contributed by atoms with van der Waals surface area (Å²) in [5.74, 6) is 0.0611. The molecule has 0 radical (unpaired) electrons. The van der Waals surface area contributed by atoms with Crippen molar-refractivity contribution in [2.75, 3.05) is 43.5 Å². The quantitative estimate of drug-likeness (QED) is 0.189. The van der Waals surface area contributed by atoms with Gasteiger partial charge in [-0.2, -0.15) is 0 Å². The lowest BCUT2D eigenvalue weighted by Crippen LogP contribution is -2.31. The first kappa shape index (κ1) is 30.1. The third-order valence-electron chi connectivity index (χ3n) is 7.20. The lowest BCUT2D eigenvalue weighted by Gasteiger charge is -2.27. The van der Waals surface area contributed by atoms with Crippen LogP contribution in [0.4, 0.5) is 15.2 Å². The maximum atomic E-state index is 15.8. The summed E-state index contributed by atoms with van der Waals surface area (Å²) in [6.07, 6.45) is 3.77. The molecule has 0 bridgehead atoms. The molecule has 4 aromatic rings. The van der Waals surface area contributed by atoms with Crippen LogP contribution in [-0.2, 0) is 16.6 Å². The smallest absolute Gasteiger partial charge is 0.269 e. The van der Waals surface area contributed by atoms with Crippen molar-refractivity contribution in [1.29, 1.82) is 0 Å². The highest BCUT2D eigenvalue weighted by molar-refractivity contribution is 7.93. The maximum absolute atomic E-state index is 15.8. The van der Waals surface area contributed by atoms with Gasteiger partial charge < -0.3 is 19.7 Å². The second-order valence-electron chi connectivity index (χ2n) is 9.88. The molecule has 8 nitrogen and oxygen atoms in total. The number of ether oxygens (including phenoxy) is 2. The van der Waals surface area contributed by atoms with E-state index in [0.717, 1.165) is 53.2 Å². The highest BCUT2D eigenvalue weighted by atomic mass is 35.5. The number of anilines is 2. The molecule has 222 valence electrons. The summed E-state index contributed by atoms with van der Waals surface area (Å²) >= 11 is 7.78. The predicted octanol–water partition coefficient (Wildman–Crippen LogP) is 6.60. The van der Waals surface area contributed by atoms with Crippen LogP contribution in [0.5, 0.6) is 11.5 Å². The molecule has 0 spiro atoms. The predicted molar refractivity (Wildman–Crippen MR) is 165 cm³/mol. The van der Waals surface area contributed by atoms with Gasteiger partial charge in [0.2, 0.25) is 0 Å². The fourth-order valence-corrected chi connectivity index (χ4v) is 7.64. The van der Waals surface area contributed by atoms with Gasteiger partial charge in [-0.3, -0.25) is 0 Å². The SMILES string of the molecule is COc1ccc(CN(c2nccs2)S(=O)(=O)c2cc(Cl)c(N[C@@H](CN3CCCC3)c3ccccc3)cc2F)c(OC)c1. The molecule has 0 amide bonds. The molecule has 0 saturated carbocycles. The Balaban J connectivity index is 1.48. The van der Waals surface area contributed by atoms with Crippen molar-refractivity contribution in [3.8, 4) is 11.5 Å². The lowest BCUT2D eigenvalue weighted by atomic mass is 10.1. The number of thiazole rings is 1. The average Bonchev–Trinajstić information content (AvgIpc) is 3.72. The van der Waals surface area contributed by atoms with Crippen molar-refractivity contribution in [3.05, 3.63) is 94.2 Å². The molecular formula is C30H32ClFN4O4S2. The molecule has 0 aliphatic carbocycles. The van der Waals surface area contributed by atoms with E-state index >= 15 is 4.39 Å². The Kier molecular flexibility index (Phi) is 9.52. The second kappa shape index (κ2) is 13.3. The van der Waals surface area contributed by atoms with Gasteiger partial charge in [0.1, 0.15) is 22.2 Å². The van der Waals surface area contributed by atoms with Gasteiger partial charge in [0, 0.05) is 29.8 Å². The number of sulfonamides is 1. The first-order valence-corrected chi connectivity index (χ1v) is 16.2. The molecular weight excluding hydrogens is 599 g/mol. The molecule has 1 N–H and O–H groups in total. The molecule has 1 saturated heterocycles. The summed E-state index contributed by atoms with van der Waals surface area (Å²) in [5.41, 5.74) is 1.90. The summed E-state index contributed by atoms with van der Waals surface area (Å²) in [7, 11) is -1.42. The van der Waals surface area contributed by atoms with E-state index in [9.17, 15) is 8.42 Å². The third kappa shape index (κ3) is 6.64. The van der Waals surface area contributed by atoms with Gasteiger partial charge in [-0.25, -0.2) is 22.1 Å². The third-order valence-corrected chi connectivity index (χ3v) is 10.2. The molecule has 3 aromatic carbocycles. The number of halogens is 2. The van der Waals surface area contributed by atoms with Crippen LogP contribution in [0.3, 0.4) is 0 Å². The Morgan fingerprint density at radius 2 is 1.86 bits per heavy atom. The molecule has 1 atom stereocenters. The monoisotopic (exact) mass is 630 g/mol. The minimum absolute atomic E-state index is 0.0958. The van der Waals surface area contributed by atoms with E-state index in [1.165, 1.54) is 26.5 Å². The zero-order valence-electron chi connectivity index (χ0n) is 23.3. The number of benzene rings is 3. The fourth-order valence-electron chi connectivity index (χ4n) is 5.02. The number of likely N-dealkylation sites (tertiary alicyclic amines) is 1. The van der Waals surface area contributed by atoms with Crippen LogP contribution in [0.15, 0.2) is 77.1 Å². The molecule has 1 aromatic heterocycles. The molecule has 1 fully saturated rings. The molecule has 12 heteroatoms. The van der Waals surface area contributed by atoms with Gasteiger partial charge in [0.15, 0.2) is 5.13 Å². The summed E-state index contributed by atoms with van der Waals surface area (Å²) in [6.45, 7) is 2.56. The summed E-state index contributed by atoms with van der Waals surface area (Å²) in [6, 6.07) is 17.1. The van der Waals surface area contributed by atoms with Crippen molar-refractivity contribution in [2.45, 2.75) is 30.3 Å². The molecule has 1 aliphatic rings. The van der Waals surface area contributed by atoms with Crippen LogP contribution < -0.4 is 19.1 Å². The Morgan fingerprint density at radius 3 is 2.52 bits per heavy atom.